The van der Waals surface area contributed by atoms with E-state index in [9.17, 15) is 9.90 Å². The highest BCUT2D eigenvalue weighted by molar-refractivity contribution is 5.85. The van der Waals surface area contributed by atoms with Crippen molar-refractivity contribution in [3.8, 4) is 0 Å². The van der Waals surface area contributed by atoms with Gasteiger partial charge >= 0.3 is 0 Å². The van der Waals surface area contributed by atoms with Gasteiger partial charge in [0.25, 0.3) is 0 Å². The summed E-state index contributed by atoms with van der Waals surface area (Å²) in [5, 5.41) is 14.5. The van der Waals surface area contributed by atoms with Gasteiger partial charge in [-0.1, -0.05) is 42.5 Å². The Balaban J connectivity index is 1.99. The van der Waals surface area contributed by atoms with Gasteiger partial charge in [0.1, 0.15) is 0 Å². The lowest BCUT2D eigenvalue weighted by Gasteiger charge is -2.15. The molecule has 0 saturated heterocycles. The molecule has 20 heavy (non-hydrogen) atoms. The van der Waals surface area contributed by atoms with E-state index in [4.69, 9.17) is 0 Å². The minimum Gasteiger partial charge on any atom is -0.393 e. The Bertz CT molecular complexity index is 592. The van der Waals surface area contributed by atoms with Gasteiger partial charge in [-0.25, -0.2) is 0 Å². The first-order valence-corrected chi connectivity index (χ1v) is 6.99. The Morgan fingerprint density at radius 2 is 1.85 bits per heavy atom. The summed E-state index contributed by atoms with van der Waals surface area (Å²) in [6, 6.07) is 14.2. The van der Waals surface area contributed by atoms with Crippen molar-refractivity contribution in [3.63, 3.8) is 0 Å². The number of aliphatic hydroxyl groups is 1. The number of fused-ring (bicyclic) bond motifs is 1. The van der Waals surface area contributed by atoms with Gasteiger partial charge in [0, 0.05) is 6.04 Å². The predicted molar refractivity (Wildman–Crippen MR) is 81.6 cm³/mol. The second-order valence-electron chi connectivity index (χ2n) is 5.41. The van der Waals surface area contributed by atoms with Crippen molar-refractivity contribution in [2.45, 2.75) is 38.8 Å². The van der Waals surface area contributed by atoms with Crippen LogP contribution in [0.2, 0.25) is 0 Å². The zero-order valence-electron chi connectivity index (χ0n) is 12.0. The lowest BCUT2D eigenvalue weighted by molar-refractivity contribution is -0.121. The first-order chi connectivity index (χ1) is 9.54. The number of aliphatic hydroxyl groups excluding tert-OH is 1. The van der Waals surface area contributed by atoms with E-state index in [-0.39, 0.29) is 11.9 Å². The van der Waals surface area contributed by atoms with E-state index in [1.807, 2.05) is 43.3 Å². The molecule has 2 N–H and O–H groups in total. The Hall–Kier alpha value is -1.87. The molecule has 0 aliphatic rings. The minimum absolute atomic E-state index is 0.00608. The SMILES string of the molecule is CC(O)CC(C)NC(=O)Cc1ccc2ccccc2c1. The third-order valence-corrected chi connectivity index (χ3v) is 3.28. The molecule has 0 aliphatic carbocycles. The fourth-order valence-electron chi connectivity index (χ4n) is 2.43. The van der Waals surface area contributed by atoms with Crippen molar-refractivity contribution < 1.29 is 9.90 Å². The van der Waals surface area contributed by atoms with E-state index < -0.39 is 6.10 Å². The van der Waals surface area contributed by atoms with Crippen LogP contribution >= 0.6 is 0 Å². The molecular weight excluding hydrogens is 250 g/mol. The number of nitrogens with one attached hydrogen (secondary N) is 1. The van der Waals surface area contributed by atoms with Gasteiger partial charge in [0.05, 0.1) is 12.5 Å². The molecule has 2 atom stereocenters. The number of rotatable bonds is 5. The zero-order chi connectivity index (χ0) is 14.5. The van der Waals surface area contributed by atoms with Crippen molar-refractivity contribution >= 4 is 16.7 Å². The van der Waals surface area contributed by atoms with E-state index >= 15 is 0 Å². The van der Waals surface area contributed by atoms with Crippen LogP contribution in [-0.4, -0.2) is 23.2 Å². The van der Waals surface area contributed by atoms with Crippen molar-refractivity contribution in [1.29, 1.82) is 0 Å². The maximum absolute atomic E-state index is 11.9. The molecule has 2 aromatic carbocycles. The summed E-state index contributed by atoms with van der Waals surface area (Å²) >= 11 is 0. The van der Waals surface area contributed by atoms with Crippen LogP contribution in [-0.2, 0) is 11.2 Å². The summed E-state index contributed by atoms with van der Waals surface area (Å²) in [6.07, 6.45) is 0.546. The molecule has 2 rings (SSSR count). The van der Waals surface area contributed by atoms with Gasteiger partial charge in [-0.05, 0) is 36.6 Å². The van der Waals surface area contributed by atoms with Gasteiger partial charge in [0.15, 0.2) is 0 Å². The predicted octanol–water partition coefficient (Wildman–Crippen LogP) is 2.66. The standard InChI is InChI=1S/C17H21NO2/c1-12(9-13(2)19)18-17(20)11-14-7-8-15-5-3-4-6-16(15)10-14/h3-8,10,12-13,19H,9,11H2,1-2H3,(H,18,20). The van der Waals surface area contributed by atoms with Crippen LogP contribution in [0.4, 0.5) is 0 Å². The summed E-state index contributed by atoms with van der Waals surface area (Å²) < 4.78 is 0. The fraction of sp³-hybridized carbons (Fsp3) is 0.353. The lowest BCUT2D eigenvalue weighted by Crippen LogP contribution is -2.35. The molecule has 0 aliphatic heterocycles. The molecule has 2 unspecified atom stereocenters. The number of carbonyl (C=O) groups excluding carboxylic acids is 1. The molecule has 3 nitrogen and oxygen atoms in total. The van der Waals surface area contributed by atoms with Crippen LogP contribution in [0.25, 0.3) is 10.8 Å². The summed E-state index contributed by atoms with van der Waals surface area (Å²) in [5.74, 6) is -0.00608. The Kier molecular flexibility index (Phi) is 4.74. The molecule has 106 valence electrons. The smallest absolute Gasteiger partial charge is 0.224 e. The summed E-state index contributed by atoms with van der Waals surface area (Å²) in [4.78, 5) is 11.9. The van der Waals surface area contributed by atoms with Crippen molar-refractivity contribution in [2.24, 2.45) is 0 Å². The first kappa shape index (κ1) is 14.5. The van der Waals surface area contributed by atoms with Gasteiger partial charge in [-0.3, -0.25) is 4.79 Å². The average Bonchev–Trinajstić information content (AvgIpc) is 2.37. The second kappa shape index (κ2) is 6.53. The van der Waals surface area contributed by atoms with Crippen molar-refractivity contribution in [3.05, 3.63) is 48.0 Å². The quantitative estimate of drug-likeness (QED) is 0.878. The van der Waals surface area contributed by atoms with E-state index in [1.165, 1.54) is 5.39 Å². The van der Waals surface area contributed by atoms with Crippen LogP contribution in [0.15, 0.2) is 42.5 Å². The van der Waals surface area contributed by atoms with E-state index in [1.54, 1.807) is 6.92 Å². The van der Waals surface area contributed by atoms with Gasteiger partial charge in [-0.15, -0.1) is 0 Å². The Morgan fingerprint density at radius 1 is 1.15 bits per heavy atom. The topological polar surface area (TPSA) is 49.3 Å². The monoisotopic (exact) mass is 271 g/mol. The first-order valence-electron chi connectivity index (χ1n) is 6.99. The lowest BCUT2D eigenvalue weighted by atomic mass is 10.0. The van der Waals surface area contributed by atoms with Gasteiger partial charge < -0.3 is 10.4 Å². The molecular formula is C17H21NO2. The molecule has 0 bridgehead atoms. The van der Waals surface area contributed by atoms with Crippen molar-refractivity contribution in [2.75, 3.05) is 0 Å². The van der Waals surface area contributed by atoms with E-state index in [0.717, 1.165) is 10.9 Å². The molecule has 2 aromatic rings. The third-order valence-electron chi connectivity index (χ3n) is 3.28. The molecule has 0 fully saturated rings. The highest BCUT2D eigenvalue weighted by atomic mass is 16.3. The number of benzene rings is 2. The summed E-state index contributed by atoms with van der Waals surface area (Å²) in [5.41, 5.74) is 1.01. The maximum Gasteiger partial charge on any atom is 0.224 e. The summed E-state index contributed by atoms with van der Waals surface area (Å²) in [6.45, 7) is 3.64. The van der Waals surface area contributed by atoms with E-state index in [2.05, 4.69) is 11.4 Å². The largest absolute Gasteiger partial charge is 0.393 e. The molecule has 1 amide bonds. The number of hydrogen-bond donors (Lipinski definition) is 2. The highest BCUT2D eigenvalue weighted by Gasteiger charge is 2.10. The summed E-state index contributed by atoms with van der Waals surface area (Å²) in [7, 11) is 0. The van der Waals surface area contributed by atoms with Crippen LogP contribution in [0.3, 0.4) is 0 Å². The van der Waals surface area contributed by atoms with E-state index in [0.29, 0.717) is 12.8 Å². The van der Waals surface area contributed by atoms with Gasteiger partial charge in [0.2, 0.25) is 5.91 Å². The van der Waals surface area contributed by atoms with Crippen LogP contribution in [0.5, 0.6) is 0 Å². The normalized spacial score (nSPS) is 13.9. The van der Waals surface area contributed by atoms with Crippen LogP contribution < -0.4 is 5.32 Å². The zero-order valence-corrected chi connectivity index (χ0v) is 12.0. The third kappa shape index (κ3) is 4.07. The minimum atomic E-state index is -0.397. The van der Waals surface area contributed by atoms with Crippen LogP contribution in [0.1, 0.15) is 25.8 Å². The number of amides is 1. The molecule has 0 saturated carbocycles. The average molecular weight is 271 g/mol. The molecule has 3 heteroatoms. The molecule has 0 heterocycles. The fourth-order valence-corrected chi connectivity index (χ4v) is 2.43. The maximum atomic E-state index is 11.9. The molecule has 0 spiro atoms. The Morgan fingerprint density at radius 3 is 2.55 bits per heavy atom. The number of hydrogen-bond acceptors (Lipinski definition) is 2. The van der Waals surface area contributed by atoms with Crippen LogP contribution in [0, 0.1) is 0 Å². The number of carbonyl (C=O) groups is 1. The van der Waals surface area contributed by atoms with Crippen molar-refractivity contribution in [1.82, 2.24) is 5.32 Å². The molecule has 0 radical (unpaired) electrons. The molecule has 0 aromatic heterocycles. The second-order valence-corrected chi connectivity index (χ2v) is 5.41. The van der Waals surface area contributed by atoms with Gasteiger partial charge in [-0.2, -0.15) is 0 Å². The Labute approximate surface area is 119 Å². The highest BCUT2D eigenvalue weighted by Crippen LogP contribution is 2.16.